The molecule has 1 heterocycles. The molecule has 0 unspecified atom stereocenters. The van der Waals surface area contributed by atoms with Crippen molar-refractivity contribution in [3.8, 4) is 5.69 Å². The summed E-state index contributed by atoms with van der Waals surface area (Å²) in [7, 11) is 0. The summed E-state index contributed by atoms with van der Waals surface area (Å²) in [6.45, 7) is 4.37. The van der Waals surface area contributed by atoms with Crippen LogP contribution in [0.2, 0.25) is 10.0 Å². The van der Waals surface area contributed by atoms with E-state index < -0.39 is 0 Å². The number of carbonyl (C=O) groups is 1. The van der Waals surface area contributed by atoms with Gasteiger partial charge in [-0.2, -0.15) is 5.10 Å². The Morgan fingerprint density at radius 1 is 1.26 bits per heavy atom. The van der Waals surface area contributed by atoms with Crippen molar-refractivity contribution in [3.63, 3.8) is 0 Å². The van der Waals surface area contributed by atoms with Crippen LogP contribution in [-0.2, 0) is 0 Å². The van der Waals surface area contributed by atoms with Crippen molar-refractivity contribution in [1.82, 2.24) is 20.4 Å². The minimum Gasteiger partial charge on any atom is -0.351 e. The van der Waals surface area contributed by atoms with Gasteiger partial charge in [0.05, 0.1) is 22.5 Å². The second-order valence-electron chi connectivity index (χ2n) is 4.78. The number of halogens is 3. The van der Waals surface area contributed by atoms with Gasteiger partial charge in [0.2, 0.25) is 0 Å². The number of carbonyl (C=O) groups excluding carboxylic acids is 1. The van der Waals surface area contributed by atoms with Crippen molar-refractivity contribution in [2.24, 2.45) is 0 Å². The monoisotopic (exact) mass is 376 g/mol. The third-order valence-corrected chi connectivity index (χ3v) is 3.55. The number of hydrogen-bond acceptors (Lipinski definition) is 3. The highest BCUT2D eigenvalue weighted by Gasteiger charge is 2.10. The van der Waals surface area contributed by atoms with Crippen LogP contribution in [0.25, 0.3) is 5.69 Å². The molecule has 2 rings (SSSR count). The first-order valence-electron chi connectivity index (χ1n) is 7.11. The van der Waals surface area contributed by atoms with Crippen molar-refractivity contribution < 1.29 is 4.79 Å². The summed E-state index contributed by atoms with van der Waals surface area (Å²) in [6, 6.07) is 5.12. The zero-order valence-electron chi connectivity index (χ0n) is 12.7. The van der Waals surface area contributed by atoms with Crippen molar-refractivity contribution in [2.45, 2.75) is 13.3 Å². The maximum absolute atomic E-state index is 12.0. The van der Waals surface area contributed by atoms with E-state index in [1.54, 1.807) is 29.1 Å². The van der Waals surface area contributed by atoms with Gasteiger partial charge in [0.25, 0.3) is 5.91 Å². The molecule has 0 aliphatic carbocycles. The van der Waals surface area contributed by atoms with Crippen LogP contribution in [0.1, 0.15) is 23.7 Å². The average Bonchev–Trinajstić information content (AvgIpc) is 2.96. The first kappa shape index (κ1) is 19.8. The predicted octanol–water partition coefficient (Wildman–Crippen LogP) is 3.33. The number of aromatic nitrogens is 2. The molecular formula is C15H19Cl3N4O. The molecule has 1 aromatic carbocycles. The third kappa shape index (κ3) is 5.70. The summed E-state index contributed by atoms with van der Waals surface area (Å²) >= 11 is 12.0. The maximum Gasteiger partial charge on any atom is 0.254 e. The fourth-order valence-corrected chi connectivity index (χ4v) is 2.40. The summed E-state index contributed by atoms with van der Waals surface area (Å²) in [5.41, 5.74) is 1.16. The van der Waals surface area contributed by atoms with Gasteiger partial charge in [-0.15, -0.1) is 12.4 Å². The number of benzene rings is 1. The minimum atomic E-state index is -0.158. The molecular weight excluding hydrogens is 359 g/mol. The lowest BCUT2D eigenvalue weighted by atomic mass is 10.3. The van der Waals surface area contributed by atoms with Crippen LogP contribution in [0.4, 0.5) is 0 Å². The molecule has 0 saturated carbocycles. The molecule has 0 bridgehead atoms. The van der Waals surface area contributed by atoms with E-state index in [9.17, 15) is 4.79 Å². The normalized spacial score (nSPS) is 10.2. The van der Waals surface area contributed by atoms with Gasteiger partial charge in [-0.25, -0.2) is 4.68 Å². The number of rotatable bonds is 7. The quantitative estimate of drug-likeness (QED) is 0.728. The van der Waals surface area contributed by atoms with Crippen LogP contribution in [0.5, 0.6) is 0 Å². The van der Waals surface area contributed by atoms with Gasteiger partial charge < -0.3 is 10.6 Å². The third-order valence-electron chi connectivity index (χ3n) is 3.02. The zero-order chi connectivity index (χ0) is 15.9. The van der Waals surface area contributed by atoms with E-state index in [1.807, 2.05) is 0 Å². The summed E-state index contributed by atoms with van der Waals surface area (Å²) in [6.07, 6.45) is 4.23. The molecule has 0 fully saturated rings. The molecule has 0 radical (unpaired) electrons. The molecule has 0 aliphatic heterocycles. The molecule has 2 N–H and O–H groups in total. The summed E-state index contributed by atoms with van der Waals surface area (Å²) in [5, 5.41) is 11.3. The van der Waals surface area contributed by atoms with Gasteiger partial charge in [0, 0.05) is 24.3 Å². The lowest BCUT2D eigenvalue weighted by Crippen LogP contribution is -2.31. The van der Waals surface area contributed by atoms with E-state index in [-0.39, 0.29) is 18.3 Å². The Bertz CT molecular complexity index is 645. The molecule has 1 aromatic heterocycles. The summed E-state index contributed by atoms with van der Waals surface area (Å²) < 4.78 is 1.56. The molecule has 2 aromatic rings. The van der Waals surface area contributed by atoms with Crippen LogP contribution in [0, 0.1) is 0 Å². The van der Waals surface area contributed by atoms with Gasteiger partial charge in [-0.05, 0) is 31.2 Å². The van der Waals surface area contributed by atoms with Crippen LogP contribution in [0.3, 0.4) is 0 Å². The molecule has 0 spiro atoms. The van der Waals surface area contributed by atoms with Crippen molar-refractivity contribution in [3.05, 3.63) is 46.2 Å². The number of nitrogens with one attached hydrogen (secondary N) is 2. The first-order chi connectivity index (χ1) is 10.6. The van der Waals surface area contributed by atoms with Gasteiger partial charge in [0.15, 0.2) is 0 Å². The number of amides is 1. The van der Waals surface area contributed by atoms with Gasteiger partial charge in [0.1, 0.15) is 0 Å². The van der Waals surface area contributed by atoms with Crippen LogP contribution in [0.15, 0.2) is 30.6 Å². The first-order valence-corrected chi connectivity index (χ1v) is 7.86. The molecule has 23 heavy (non-hydrogen) atoms. The van der Waals surface area contributed by atoms with Crippen molar-refractivity contribution in [2.75, 3.05) is 19.6 Å². The number of hydrogen-bond donors (Lipinski definition) is 2. The Hall–Kier alpha value is -1.27. The van der Waals surface area contributed by atoms with Gasteiger partial charge in [-0.3, -0.25) is 4.79 Å². The van der Waals surface area contributed by atoms with Gasteiger partial charge >= 0.3 is 0 Å². The van der Waals surface area contributed by atoms with Crippen LogP contribution < -0.4 is 10.6 Å². The van der Waals surface area contributed by atoms with Crippen LogP contribution in [-0.4, -0.2) is 35.3 Å². The Kier molecular flexibility index (Phi) is 8.41. The van der Waals surface area contributed by atoms with Crippen molar-refractivity contribution in [1.29, 1.82) is 0 Å². The lowest BCUT2D eigenvalue weighted by molar-refractivity contribution is 0.0954. The zero-order valence-corrected chi connectivity index (χ0v) is 15.0. The highest BCUT2D eigenvalue weighted by Crippen LogP contribution is 2.24. The summed E-state index contributed by atoms with van der Waals surface area (Å²) in [4.78, 5) is 12.0. The van der Waals surface area contributed by atoms with E-state index in [0.717, 1.165) is 19.5 Å². The highest BCUT2D eigenvalue weighted by atomic mass is 35.5. The average molecular weight is 378 g/mol. The molecule has 1 amide bonds. The molecule has 126 valence electrons. The highest BCUT2D eigenvalue weighted by molar-refractivity contribution is 6.35. The van der Waals surface area contributed by atoms with E-state index >= 15 is 0 Å². The van der Waals surface area contributed by atoms with E-state index in [2.05, 4.69) is 22.7 Å². The van der Waals surface area contributed by atoms with Gasteiger partial charge in [-0.1, -0.05) is 30.1 Å². The Balaban J connectivity index is 0.00000264. The Labute approximate surface area is 151 Å². The fraction of sp³-hybridized carbons (Fsp3) is 0.333. The SMILES string of the molecule is CCCNCCNC(=O)c1cnn(-c2ccc(Cl)cc2Cl)c1.Cl. The second-order valence-corrected chi connectivity index (χ2v) is 5.62. The van der Waals surface area contributed by atoms with Crippen LogP contribution >= 0.6 is 35.6 Å². The second kappa shape index (κ2) is 9.78. The predicted molar refractivity (Wildman–Crippen MR) is 96.3 cm³/mol. The van der Waals surface area contributed by atoms with E-state index in [0.29, 0.717) is 27.8 Å². The maximum atomic E-state index is 12.0. The largest absolute Gasteiger partial charge is 0.351 e. The molecule has 0 saturated heterocycles. The smallest absolute Gasteiger partial charge is 0.254 e. The van der Waals surface area contributed by atoms with Crippen molar-refractivity contribution >= 4 is 41.5 Å². The molecule has 5 nitrogen and oxygen atoms in total. The Morgan fingerprint density at radius 3 is 2.74 bits per heavy atom. The topological polar surface area (TPSA) is 58.9 Å². The number of nitrogens with zero attached hydrogens (tertiary/aromatic N) is 2. The summed E-state index contributed by atoms with van der Waals surface area (Å²) in [5.74, 6) is -0.158. The Morgan fingerprint density at radius 2 is 2.04 bits per heavy atom. The molecule has 0 aliphatic rings. The lowest BCUT2D eigenvalue weighted by Gasteiger charge is -2.05. The minimum absolute atomic E-state index is 0. The standard InChI is InChI=1S/C15H18Cl2N4O.ClH/c1-2-5-18-6-7-19-15(22)11-9-20-21(10-11)14-4-3-12(16)8-13(14)17;/h3-4,8-10,18H,2,5-7H2,1H3,(H,19,22);1H. The van der Waals surface area contributed by atoms with E-state index in [1.165, 1.54) is 6.20 Å². The fourth-order valence-electron chi connectivity index (χ4n) is 1.91. The molecule has 8 heteroatoms. The molecule has 0 atom stereocenters. The van der Waals surface area contributed by atoms with E-state index in [4.69, 9.17) is 23.2 Å².